The fourth-order valence-electron chi connectivity index (χ4n) is 12.3. The Bertz CT molecular complexity index is 3980. The number of benzene rings is 5. The predicted octanol–water partition coefficient (Wildman–Crippen LogP) is 4.88. The number of ketones is 1. The normalized spacial score (nSPS) is 15.7. The van der Waals surface area contributed by atoms with E-state index in [1.54, 1.807) is 79.4 Å². The second-order valence-electron chi connectivity index (χ2n) is 27.9. The van der Waals surface area contributed by atoms with Crippen molar-refractivity contribution in [3.63, 3.8) is 0 Å². The summed E-state index contributed by atoms with van der Waals surface area (Å²) in [5.74, 6) is 1.63. The van der Waals surface area contributed by atoms with Gasteiger partial charge >= 0.3 is 6.01 Å². The minimum absolute atomic E-state index is 0.0118. The largest absolute Gasteiger partial charge is 0.508 e. The quantitative estimate of drug-likeness (QED) is 0.00817. The fraction of sp³-hybridized carbons (Fsp3) is 0.467. The number of amides is 5. The number of aromatic nitrogens is 3. The summed E-state index contributed by atoms with van der Waals surface area (Å²) in [6.07, 6.45) is 2.02. The van der Waals surface area contributed by atoms with Gasteiger partial charge in [-0.25, -0.2) is 10.4 Å². The number of aromatic hydroxyl groups is 3. The zero-order valence-corrected chi connectivity index (χ0v) is 61.1. The van der Waals surface area contributed by atoms with E-state index in [-0.39, 0.29) is 111 Å². The van der Waals surface area contributed by atoms with Gasteiger partial charge in [0, 0.05) is 63.9 Å². The molecule has 29 heteroatoms. The number of phenols is 2. The molecule has 12 N–H and O–H groups in total. The van der Waals surface area contributed by atoms with Gasteiger partial charge in [0.05, 0.1) is 62.2 Å². The van der Waals surface area contributed by atoms with E-state index >= 15 is 0 Å². The topological polar surface area (TPSA) is 389 Å². The Morgan fingerprint density at radius 1 is 0.683 bits per heavy atom. The second-order valence-corrected chi connectivity index (χ2v) is 29.7. The number of aliphatic hydroxyl groups is 1. The van der Waals surface area contributed by atoms with E-state index in [4.69, 9.17) is 25.2 Å². The summed E-state index contributed by atoms with van der Waals surface area (Å²) in [6.45, 7) is 16.3. The molecular formula is C75H101N13O15S. The average molecular weight is 1460 g/mol. The van der Waals surface area contributed by atoms with Gasteiger partial charge in [-0.05, 0) is 115 Å². The van der Waals surface area contributed by atoms with Crippen LogP contribution >= 0.6 is 0 Å². The van der Waals surface area contributed by atoms with Crippen molar-refractivity contribution in [1.82, 2.24) is 55.7 Å². The van der Waals surface area contributed by atoms with Gasteiger partial charge in [0.15, 0.2) is 11.6 Å². The summed E-state index contributed by atoms with van der Waals surface area (Å²) in [5.41, 5.74) is 9.01. The van der Waals surface area contributed by atoms with Crippen molar-refractivity contribution in [2.45, 2.75) is 136 Å². The van der Waals surface area contributed by atoms with Crippen molar-refractivity contribution >= 4 is 45.4 Å². The van der Waals surface area contributed by atoms with Crippen LogP contribution in [-0.2, 0) is 73.7 Å². The molecule has 5 atom stereocenters. The minimum Gasteiger partial charge on any atom is -0.508 e. The first-order valence-electron chi connectivity index (χ1n) is 35.2. The van der Waals surface area contributed by atoms with Crippen molar-refractivity contribution in [2.24, 2.45) is 23.4 Å². The van der Waals surface area contributed by atoms with Crippen LogP contribution in [0.3, 0.4) is 0 Å². The molecule has 0 aliphatic carbocycles. The number of nitrogens with two attached hydrogens (primary N) is 2. The molecule has 5 aromatic carbocycles. The predicted molar refractivity (Wildman–Crippen MR) is 390 cm³/mol. The molecule has 8 rings (SSSR count). The molecule has 2 saturated heterocycles. The van der Waals surface area contributed by atoms with Crippen LogP contribution in [0.25, 0.3) is 17.1 Å². The van der Waals surface area contributed by atoms with Gasteiger partial charge in [0.25, 0.3) is 16.0 Å². The third-order valence-corrected chi connectivity index (χ3v) is 19.2. The zero-order valence-electron chi connectivity index (χ0n) is 60.3. The van der Waals surface area contributed by atoms with Gasteiger partial charge < -0.3 is 66.8 Å². The molecule has 562 valence electrons. The molecule has 0 saturated carbocycles. The lowest BCUT2D eigenvalue weighted by atomic mass is 9.90. The number of Topliss-reactive ketones (excluding diaryl/α,β-unsaturated/α-hetero) is 1. The Morgan fingerprint density at radius 3 is 1.90 bits per heavy atom. The summed E-state index contributed by atoms with van der Waals surface area (Å²) < 4.78 is 44.1. The number of nitrogens with zero attached hydrogens (tertiary/aromatic N) is 7. The molecule has 2 fully saturated rings. The Labute approximate surface area is 608 Å². The first-order chi connectivity index (χ1) is 49.5. The Morgan fingerprint density at radius 2 is 1.27 bits per heavy atom. The number of hydrazine groups is 1. The summed E-state index contributed by atoms with van der Waals surface area (Å²) in [4.78, 5) is 90.6. The van der Waals surface area contributed by atoms with Crippen molar-refractivity contribution < 1.29 is 71.3 Å². The maximum Gasteiger partial charge on any atom is 0.319 e. The molecular weight excluding hydrogens is 1350 g/mol. The van der Waals surface area contributed by atoms with E-state index in [2.05, 4.69) is 36.4 Å². The van der Waals surface area contributed by atoms with Gasteiger partial charge in [-0.3, -0.25) is 42.8 Å². The van der Waals surface area contributed by atoms with Gasteiger partial charge in [0.2, 0.25) is 29.5 Å². The number of hydrogen-bond donors (Lipinski definition) is 10. The maximum absolute atomic E-state index is 14.5. The lowest BCUT2D eigenvalue weighted by Gasteiger charge is -2.34. The van der Waals surface area contributed by atoms with Crippen molar-refractivity contribution in [2.75, 3.05) is 78.0 Å². The molecule has 104 heavy (non-hydrogen) atoms. The number of ether oxygens (including phenoxy) is 2. The number of rotatable bonds is 37. The highest BCUT2D eigenvalue weighted by Gasteiger charge is 2.40. The highest BCUT2D eigenvalue weighted by molar-refractivity contribution is 7.86. The second kappa shape index (κ2) is 37.8. The van der Waals surface area contributed by atoms with Crippen molar-refractivity contribution in [3.8, 4) is 34.6 Å². The molecule has 0 bridgehead atoms. The molecule has 28 nitrogen and oxygen atoms in total. The van der Waals surface area contributed by atoms with Crippen molar-refractivity contribution in [3.05, 3.63) is 167 Å². The highest BCUT2D eigenvalue weighted by atomic mass is 32.2. The van der Waals surface area contributed by atoms with Crippen LogP contribution in [0.15, 0.2) is 133 Å². The van der Waals surface area contributed by atoms with Crippen LogP contribution in [0.5, 0.6) is 17.5 Å². The number of hydrogen-bond acceptors (Lipinski definition) is 22. The zero-order chi connectivity index (χ0) is 75.3. The lowest BCUT2D eigenvalue weighted by Crippen LogP contribution is -2.60. The number of carbonyl (C=O) groups excluding carboxylic acids is 6. The maximum atomic E-state index is 14.5. The average Bonchev–Trinajstić information content (AvgIpc) is 1.53. The van der Waals surface area contributed by atoms with Gasteiger partial charge in [0.1, 0.15) is 41.8 Å². The summed E-state index contributed by atoms with van der Waals surface area (Å²) in [6, 6.07) is 30.5. The van der Waals surface area contributed by atoms with Crippen LogP contribution in [0.4, 0.5) is 0 Å². The summed E-state index contributed by atoms with van der Waals surface area (Å²) in [5, 5.41) is 64.0. The standard InChI is InChI=1S/C75H101N13O15S/c1-49(2)39-61(79-72(95)63(41-53-17-12-9-13-18-53)81-71(94)62(40-50(3)4)80-70(93)60(28-23-52-15-10-8-11-16-52)78-67(91)47-85-33-36-101-37-34-85)68(92)75(7,98)48-103-104(99,100)38-14-35-102-66(76)46-87(77)45-55-19-24-56(25-20-55)73(96)86-31-29-84(30-32-86)44-54-21-26-57(27-22-54)88-69(82-83-74(88)97)59-42-58(51(5)6)64(89)43-65(59)90/h8-13,15-22,24-27,42-43,46,49-51,60-63,89-90,98H,14,23,28-41,44-45,47-48,76-77H2,1-7H3,(H,78,91)(H,79,95)(H,80,93)(H,81,94)(H,83,97)/b66-46+/t60-,61-,62-,63-,75+/m0/s1. The van der Waals surface area contributed by atoms with E-state index in [0.29, 0.717) is 93.4 Å². The van der Waals surface area contributed by atoms with Gasteiger partial charge in [-0.2, -0.15) is 8.42 Å². The number of piperazine rings is 1. The van der Waals surface area contributed by atoms with Crippen LogP contribution in [-0.4, -0.2) is 206 Å². The van der Waals surface area contributed by atoms with Crippen LogP contribution in [0, 0.1) is 11.8 Å². The van der Waals surface area contributed by atoms with E-state index in [9.17, 15) is 57.6 Å². The molecule has 0 spiro atoms. The van der Waals surface area contributed by atoms with Crippen LogP contribution < -0.4 is 32.8 Å². The summed E-state index contributed by atoms with van der Waals surface area (Å²) >= 11 is 0. The van der Waals surface area contributed by atoms with Gasteiger partial charge in [-0.15, -0.1) is 5.10 Å². The van der Waals surface area contributed by atoms with Crippen molar-refractivity contribution in [1.29, 1.82) is 0 Å². The summed E-state index contributed by atoms with van der Waals surface area (Å²) in [7, 11) is -4.38. The smallest absolute Gasteiger partial charge is 0.319 e. The first-order valence-corrected chi connectivity index (χ1v) is 36.8. The first kappa shape index (κ1) is 80.2. The number of phenolic OH excluding ortho intramolecular Hbond substituents is 2. The lowest BCUT2D eigenvalue weighted by molar-refractivity contribution is -0.143. The third kappa shape index (κ3) is 24.0. The third-order valence-electron chi connectivity index (χ3n) is 17.9. The van der Waals surface area contributed by atoms with Crippen LogP contribution in [0.2, 0.25) is 0 Å². The monoisotopic (exact) mass is 1460 g/mol. The molecule has 2 aliphatic rings. The Hall–Kier alpha value is -9.49. The molecule has 2 aliphatic heterocycles. The number of morpholine rings is 1. The fourth-order valence-corrected chi connectivity index (χ4v) is 13.3. The number of aryl methyl sites for hydroxylation is 1. The molecule has 5 amide bonds. The number of nitrogens with one attached hydrogen (secondary N) is 4. The Balaban J connectivity index is 0.783. The van der Waals surface area contributed by atoms with E-state index < -0.39 is 75.8 Å². The highest BCUT2D eigenvalue weighted by Crippen LogP contribution is 2.39. The minimum atomic E-state index is -4.38. The van der Waals surface area contributed by atoms with Gasteiger partial charge in [-0.1, -0.05) is 132 Å². The Kier molecular flexibility index (Phi) is 29.1. The van der Waals surface area contributed by atoms with E-state index in [1.165, 1.54) is 21.8 Å². The number of carbonyl (C=O) groups is 6. The molecule has 3 heterocycles. The SMILES string of the molecule is CC(C)C[C@H](NC(=O)[C@H](CCc1ccccc1)NC(=O)CN1CCOCC1)C(=O)N[C@@H](Cc1ccccc1)C(=O)N[C@@H](CC(C)C)C(=O)[C@](C)(O)COS(=O)(=O)CCCO/C(N)=C/N(N)Cc1ccc(C(=O)N2CCN(Cc3ccc(-n4c(O)nnc4-c4cc(C(C)C)c(O)cc4O)cc3)CC2)cc1. The molecule has 0 unspecified atom stereocenters. The molecule has 0 radical (unpaired) electrons. The van der Waals surface area contributed by atoms with E-state index in [0.717, 1.165) is 23.6 Å². The molecule has 1 aromatic heterocycles. The van der Waals surface area contributed by atoms with Crippen LogP contribution in [0.1, 0.15) is 118 Å². The molecule has 6 aromatic rings. The van der Waals surface area contributed by atoms with E-state index in [1.807, 2.05) is 87.2 Å².